The number of likely N-dealkylation sites (N-methyl/N-ethyl adjacent to an activating group) is 1. The number of hydrogen-bond acceptors (Lipinski definition) is 5. The molecule has 2 aromatic rings. The van der Waals surface area contributed by atoms with Crippen LogP contribution in [0.1, 0.15) is 33.0 Å². The van der Waals surface area contributed by atoms with Crippen molar-refractivity contribution in [3.63, 3.8) is 0 Å². The monoisotopic (exact) mass is 345 g/mol. The van der Waals surface area contributed by atoms with Gasteiger partial charge in [-0.25, -0.2) is 4.79 Å². The predicted octanol–water partition coefficient (Wildman–Crippen LogP) is 3.03. The van der Waals surface area contributed by atoms with Gasteiger partial charge in [0.05, 0.1) is 13.7 Å². The van der Waals surface area contributed by atoms with E-state index in [4.69, 9.17) is 13.9 Å². The highest BCUT2D eigenvalue weighted by Crippen LogP contribution is 2.19. The van der Waals surface area contributed by atoms with Gasteiger partial charge < -0.3 is 18.8 Å². The van der Waals surface area contributed by atoms with E-state index < -0.39 is 5.97 Å². The molecule has 1 amide bonds. The standard InChI is InChI=1S/C19H23NO5/c1-12-6-7-17(13(2)8-12)24-11-18(21)20(4)10-15-9-16(14(3)25-15)19(22)23-5/h6-9H,10-11H2,1-5H3. The lowest BCUT2D eigenvalue weighted by molar-refractivity contribution is -0.132. The zero-order valence-corrected chi connectivity index (χ0v) is 15.2. The van der Waals surface area contributed by atoms with Crippen LogP contribution in [0.4, 0.5) is 0 Å². The van der Waals surface area contributed by atoms with Crippen molar-refractivity contribution in [3.05, 3.63) is 52.5 Å². The van der Waals surface area contributed by atoms with Gasteiger partial charge in [0.2, 0.25) is 0 Å². The molecule has 0 unspecified atom stereocenters. The summed E-state index contributed by atoms with van der Waals surface area (Å²) in [5.74, 6) is 1.02. The van der Waals surface area contributed by atoms with E-state index in [2.05, 4.69) is 0 Å². The number of hydrogen-bond donors (Lipinski definition) is 0. The lowest BCUT2D eigenvalue weighted by atomic mass is 10.1. The fraction of sp³-hybridized carbons (Fsp3) is 0.368. The number of furan rings is 1. The van der Waals surface area contributed by atoms with Gasteiger partial charge in [0, 0.05) is 7.05 Å². The lowest BCUT2D eigenvalue weighted by Gasteiger charge is -2.17. The van der Waals surface area contributed by atoms with Crippen LogP contribution in [0.15, 0.2) is 28.7 Å². The van der Waals surface area contributed by atoms with Gasteiger partial charge in [-0.3, -0.25) is 4.79 Å². The zero-order chi connectivity index (χ0) is 18.6. The minimum atomic E-state index is -0.459. The number of carbonyl (C=O) groups excluding carboxylic acids is 2. The Bertz CT molecular complexity index is 778. The summed E-state index contributed by atoms with van der Waals surface area (Å²) in [6.45, 7) is 5.80. The average molecular weight is 345 g/mol. The fourth-order valence-electron chi connectivity index (χ4n) is 2.47. The number of carbonyl (C=O) groups is 2. The molecule has 1 aromatic carbocycles. The third kappa shape index (κ3) is 4.62. The molecule has 0 bridgehead atoms. The Labute approximate surface area is 147 Å². The van der Waals surface area contributed by atoms with Crippen molar-refractivity contribution in [2.24, 2.45) is 0 Å². The predicted molar refractivity (Wildman–Crippen MR) is 92.7 cm³/mol. The van der Waals surface area contributed by atoms with Gasteiger partial charge in [-0.2, -0.15) is 0 Å². The summed E-state index contributed by atoms with van der Waals surface area (Å²) < 4.78 is 15.8. The number of amides is 1. The quantitative estimate of drug-likeness (QED) is 0.753. The molecule has 1 heterocycles. The second-order valence-electron chi connectivity index (χ2n) is 5.98. The topological polar surface area (TPSA) is 69.0 Å². The van der Waals surface area contributed by atoms with E-state index in [1.54, 1.807) is 20.0 Å². The zero-order valence-electron chi connectivity index (χ0n) is 15.2. The molecule has 0 fully saturated rings. The average Bonchev–Trinajstić information content (AvgIpc) is 2.93. The second-order valence-corrected chi connectivity index (χ2v) is 5.98. The van der Waals surface area contributed by atoms with Crippen molar-refractivity contribution in [3.8, 4) is 5.75 Å². The Kier molecular flexibility index (Phi) is 5.85. The first-order chi connectivity index (χ1) is 11.8. The highest BCUT2D eigenvalue weighted by molar-refractivity contribution is 5.90. The molecule has 1 aromatic heterocycles. The first-order valence-corrected chi connectivity index (χ1v) is 7.93. The number of ether oxygens (including phenoxy) is 2. The summed E-state index contributed by atoms with van der Waals surface area (Å²) in [4.78, 5) is 25.3. The summed E-state index contributed by atoms with van der Waals surface area (Å²) >= 11 is 0. The van der Waals surface area contributed by atoms with Crippen molar-refractivity contribution in [2.45, 2.75) is 27.3 Å². The van der Waals surface area contributed by atoms with Crippen LogP contribution < -0.4 is 4.74 Å². The summed E-state index contributed by atoms with van der Waals surface area (Å²) in [5, 5.41) is 0. The molecular weight excluding hydrogens is 322 g/mol. The minimum absolute atomic E-state index is 0.0655. The van der Waals surface area contributed by atoms with Crippen molar-refractivity contribution < 1.29 is 23.5 Å². The van der Waals surface area contributed by atoms with Crippen molar-refractivity contribution in [1.29, 1.82) is 0 Å². The first kappa shape index (κ1) is 18.6. The fourth-order valence-corrected chi connectivity index (χ4v) is 2.47. The van der Waals surface area contributed by atoms with Crippen LogP contribution in [0.3, 0.4) is 0 Å². The number of rotatable bonds is 6. The molecule has 0 aliphatic heterocycles. The van der Waals surface area contributed by atoms with Gasteiger partial charge in [-0.15, -0.1) is 0 Å². The molecule has 0 aliphatic carbocycles. The van der Waals surface area contributed by atoms with E-state index in [0.29, 0.717) is 22.8 Å². The molecule has 25 heavy (non-hydrogen) atoms. The van der Waals surface area contributed by atoms with Crippen molar-refractivity contribution in [2.75, 3.05) is 20.8 Å². The van der Waals surface area contributed by atoms with Gasteiger partial charge >= 0.3 is 5.97 Å². The van der Waals surface area contributed by atoms with Gasteiger partial charge in [-0.05, 0) is 38.5 Å². The summed E-state index contributed by atoms with van der Waals surface area (Å²) in [6, 6.07) is 7.40. The summed E-state index contributed by atoms with van der Waals surface area (Å²) in [5.41, 5.74) is 2.49. The minimum Gasteiger partial charge on any atom is -0.484 e. The third-order valence-electron chi connectivity index (χ3n) is 3.87. The maximum atomic E-state index is 12.2. The largest absolute Gasteiger partial charge is 0.484 e. The van der Waals surface area contributed by atoms with E-state index >= 15 is 0 Å². The summed E-state index contributed by atoms with van der Waals surface area (Å²) in [6.07, 6.45) is 0. The number of esters is 1. The van der Waals surface area contributed by atoms with Crippen molar-refractivity contribution >= 4 is 11.9 Å². The van der Waals surface area contributed by atoms with E-state index in [-0.39, 0.29) is 19.1 Å². The van der Waals surface area contributed by atoms with Gasteiger partial charge in [0.25, 0.3) is 5.91 Å². The second kappa shape index (κ2) is 7.88. The summed E-state index contributed by atoms with van der Waals surface area (Å²) in [7, 11) is 2.97. The van der Waals surface area contributed by atoms with Gasteiger partial charge in [0.1, 0.15) is 22.8 Å². The van der Waals surface area contributed by atoms with E-state index in [0.717, 1.165) is 11.1 Å². The molecule has 0 spiro atoms. The Balaban J connectivity index is 1.95. The maximum Gasteiger partial charge on any atom is 0.341 e. The highest BCUT2D eigenvalue weighted by atomic mass is 16.5. The molecule has 6 nitrogen and oxygen atoms in total. The Morgan fingerprint density at radius 3 is 2.52 bits per heavy atom. The molecular formula is C19H23NO5. The lowest BCUT2D eigenvalue weighted by Crippen LogP contribution is -2.30. The molecule has 0 saturated carbocycles. The highest BCUT2D eigenvalue weighted by Gasteiger charge is 2.18. The molecule has 0 aliphatic rings. The van der Waals surface area contributed by atoms with Crippen LogP contribution in [-0.4, -0.2) is 37.5 Å². The van der Waals surface area contributed by atoms with Crippen LogP contribution in [0.5, 0.6) is 5.75 Å². The smallest absolute Gasteiger partial charge is 0.341 e. The third-order valence-corrected chi connectivity index (χ3v) is 3.87. The van der Waals surface area contributed by atoms with E-state index in [1.807, 2.05) is 32.0 Å². The first-order valence-electron chi connectivity index (χ1n) is 7.93. The molecule has 0 radical (unpaired) electrons. The Morgan fingerprint density at radius 2 is 1.88 bits per heavy atom. The number of methoxy groups -OCH3 is 1. The van der Waals surface area contributed by atoms with Crippen molar-refractivity contribution in [1.82, 2.24) is 4.90 Å². The molecule has 0 saturated heterocycles. The van der Waals surface area contributed by atoms with Crippen LogP contribution >= 0.6 is 0 Å². The molecule has 0 N–H and O–H groups in total. The normalized spacial score (nSPS) is 10.4. The van der Waals surface area contributed by atoms with Crippen LogP contribution in [0.25, 0.3) is 0 Å². The van der Waals surface area contributed by atoms with E-state index in [9.17, 15) is 9.59 Å². The van der Waals surface area contributed by atoms with Gasteiger partial charge in [-0.1, -0.05) is 17.7 Å². The van der Waals surface area contributed by atoms with Crippen LogP contribution in [-0.2, 0) is 16.1 Å². The molecule has 134 valence electrons. The van der Waals surface area contributed by atoms with Gasteiger partial charge in [0.15, 0.2) is 6.61 Å². The van der Waals surface area contributed by atoms with E-state index in [1.165, 1.54) is 12.0 Å². The Morgan fingerprint density at radius 1 is 1.16 bits per heavy atom. The van der Waals surface area contributed by atoms with Crippen LogP contribution in [0.2, 0.25) is 0 Å². The number of benzene rings is 1. The maximum absolute atomic E-state index is 12.2. The number of nitrogens with zero attached hydrogens (tertiary/aromatic N) is 1. The van der Waals surface area contributed by atoms with Crippen LogP contribution in [0, 0.1) is 20.8 Å². The molecule has 6 heteroatoms. The number of aryl methyl sites for hydroxylation is 3. The molecule has 2 rings (SSSR count). The SMILES string of the molecule is COC(=O)c1cc(CN(C)C(=O)COc2ccc(C)cc2C)oc1C. The Hall–Kier alpha value is -2.76. The molecule has 0 atom stereocenters.